The highest BCUT2D eigenvalue weighted by molar-refractivity contribution is 9.10. The van der Waals surface area contributed by atoms with E-state index in [1.807, 2.05) is 18.1 Å². The molecule has 0 radical (unpaired) electrons. The van der Waals surface area contributed by atoms with Crippen LogP contribution in [0, 0.1) is 5.92 Å². The quantitative estimate of drug-likeness (QED) is 0.829. The minimum atomic E-state index is 0.207. The molecule has 1 aliphatic carbocycles. The Kier molecular flexibility index (Phi) is 3.63. The predicted octanol–water partition coefficient (Wildman–Crippen LogP) is 1.90. The number of rotatable bonds is 5. The summed E-state index contributed by atoms with van der Waals surface area (Å²) in [6.45, 7) is 1.57. The lowest BCUT2D eigenvalue weighted by molar-refractivity contribution is -0.130. The highest BCUT2D eigenvalue weighted by Gasteiger charge is 2.24. The van der Waals surface area contributed by atoms with Crippen molar-refractivity contribution in [2.24, 2.45) is 5.92 Å². The molecule has 0 bridgehead atoms. The third-order valence-electron chi connectivity index (χ3n) is 2.81. The molecule has 4 nitrogen and oxygen atoms in total. The van der Waals surface area contributed by atoms with Crippen molar-refractivity contribution >= 4 is 21.8 Å². The zero-order valence-electron chi connectivity index (χ0n) is 9.40. The molecule has 0 unspecified atom stereocenters. The number of hydrogen-bond acceptors (Lipinski definition) is 2. The topological polar surface area (TPSA) is 38.1 Å². The Morgan fingerprint density at radius 3 is 3.00 bits per heavy atom. The Morgan fingerprint density at radius 2 is 2.44 bits per heavy atom. The summed E-state index contributed by atoms with van der Waals surface area (Å²) < 4.78 is 2.73. The summed E-state index contributed by atoms with van der Waals surface area (Å²) in [7, 11) is 1.89. The van der Waals surface area contributed by atoms with Crippen molar-refractivity contribution in [3.05, 3.63) is 16.9 Å². The Morgan fingerprint density at radius 1 is 1.69 bits per heavy atom. The van der Waals surface area contributed by atoms with Gasteiger partial charge in [-0.3, -0.25) is 9.48 Å². The summed E-state index contributed by atoms with van der Waals surface area (Å²) in [6.07, 6.45) is 6.71. The molecule has 5 heteroatoms. The van der Waals surface area contributed by atoms with Gasteiger partial charge in [0.25, 0.3) is 0 Å². The van der Waals surface area contributed by atoms with E-state index < -0.39 is 0 Å². The van der Waals surface area contributed by atoms with Crippen LogP contribution in [0.2, 0.25) is 0 Å². The molecule has 16 heavy (non-hydrogen) atoms. The van der Waals surface area contributed by atoms with Crippen LogP contribution in [0.5, 0.6) is 0 Å². The Bertz CT molecular complexity index is 373. The molecule has 0 N–H and O–H groups in total. The molecule has 1 aliphatic rings. The fourth-order valence-electron chi connectivity index (χ4n) is 1.65. The zero-order valence-corrected chi connectivity index (χ0v) is 11.0. The standard InChI is InChI=1S/C11H16BrN3O/c1-14(7-9-2-3-9)11(16)4-5-15-8-10(12)6-13-15/h6,8-9H,2-5,7H2,1H3. The number of aromatic nitrogens is 2. The van der Waals surface area contributed by atoms with Gasteiger partial charge in [-0.05, 0) is 34.7 Å². The number of amides is 1. The van der Waals surface area contributed by atoms with Gasteiger partial charge in [-0.1, -0.05) is 0 Å². The molecule has 1 fully saturated rings. The van der Waals surface area contributed by atoms with Crippen molar-refractivity contribution in [1.29, 1.82) is 0 Å². The van der Waals surface area contributed by atoms with Crippen molar-refractivity contribution in [1.82, 2.24) is 14.7 Å². The number of carbonyl (C=O) groups excluding carboxylic acids is 1. The summed E-state index contributed by atoms with van der Waals surface area (Å²) >= 11 is 3.33. The van der Waals surface area contributed by atoms with Gasteiger partial charge in [0, 0.05) is 32.8 Å². The number of carbonyl (C=O) groups is 1. The van der Waals surface area contributed by atoms with E-state index in [1.54, 1.807) is 10.9 Å². The third-order valence-corrected chi connectivity index (χ3v) is 3.22. The smallest absolute Gasteiger partial charge is 0.224 e. The van der Waals surface area contributed by atoms with E-state index in [0.717, 1.165) is 16.9 Å². The van der Waals surface area contributed by atoms with E-state index in [-0.39, 0.29) is 5.91 Å². The largest absolute Gasteiger partial charge is 0.345 e. The van der Waals surface area contributed by atoms with Crippen LogP contribution in [0.1, 0.15) is 19.3 Å². The van der Waals surface area contributed by atoms with Crippen molar-refractivity contribution < 1.29 is 4.79 Å². The van der Waals surface area contributed by atoms with Gasteiger partial charge < -0.3 is 4.90 Å². The summed E-state index contributed by atoms with van der Waals surface area (Å²) in [5.74, 6) is 0.964. The first kappa shape index (κ1) is 11.6. The molecule has 0 aliphatic heterocycles. The highest BCUT2D eigenvalue weighted by atomic mass is 79.9. The number of halogens is 1. The molecule has 1 heterocycles. The Hall–Kier alpha value is -0.840. The summed E-state index contributed by atoms with van der Waals surface area (Å²) in [5, 5.41) is 4.12. The predicted molar refractivity (Wildman–Crippen MR) is 64.9 cm³/mol. The van der Waals surface area contributed by atoms with Crippen LogP contribution in [0.25, 0.3) is 0 Å². The van der Waals surface area contributed by atoms with Gasteiger partial charge in [-0.15, -0.1) is 0 Å². The van der Waals surface area contributed by atoms with Crippen LogP contribution in [0.15, 0.2) is 16.9 Å². The number of hydrogen-bond donors (Lipinski definition) is 0. The van der Waals surface area contributed by atoms with Crippen LogP contribution < -0.4 is 0 Å². The Balaban J connectivity index is 1.73. The summed E-state index contributed by atoms with van der Waals surface area (Å²) in [4.78, 5) is 13.6. The zero-order chi connectivity index (χ0) is 11.5. The molecular weight excluding hydrogens is 270 g/mol. The molecule has 0 saturated heterocycles. The maximum atomic E-state index is 11.8. The minimum absolute atomic E-state index is 0.207. The lowest BCUT2D eigenvalue weighted by atomic mass is 10.3. The fourth-order valence-corrected chi connectivity index (χ4v) is 1.98. The van der Waals surface area contributed by atoms with Gasteiger partial charge in [0.2, 0.25) is 5.91 Å². The average molecular weight is 286 g/mol. The molecule has 0 atom stereocenters. The maximum Gasteiger partial charge on any atom is 0.224 e. The Labute approximate surface area is 104 Å². The first-order valence-electron chi connectivity index (χ1n) is 5.57. The van der Waals surface area contributed by atoms with Crippen molar-refractivity contribution in [3.8, 4) is 0 Å². The van der Waals surface area contributed by atoms with E-state index in [0.29, 0.717) is 13.0 Å². The SMILES string of the molecule is CN(CC1CC1)C(=O)CCn1cc(Br)cn1. The highest BCUT2D eigenvalue weighted by Crippen LogP contribution is 2.29. The number of aryl methyl sites for hydroxylation is 1. The van der Waals surface area contributed by atoms with Crippen LogP contribution in [-0.4, -0.2) is 34.2 Å². The maximum absolute atomic E-state index is 11.8. The molecular formula is C11H16BrN3O. The molecule has 1 saturated carbocycles. The minimum Gasteiger partial charge on any atom is -0.345 e. The van der Waals surface area contributed by atoms with Crippen LogP contribution in [0.4, 0.5) is 0 Å². The van der Waals surface area contributed by atoms with E-state index in [4.69, 9.17) is 0 Å². The van der Waals surface area contributed by atoms with Crippen molar-refractivity contribution in [2.45, 2.75) is 25.8 Å². The summed E-state index contributed by atoms with van der Waals surface area (Å²) in [6, 6.07) is 0. The van der Waals surface area contributed by atoms with Gasteiger partial charge in [0.15, 0.2) is 0 Å². The van der Waals surface area contributed by atoms with Gasteiger partial charge in [0.05, 0.1) is 10.7 Å². The van der Waals surface area contributed by atoms with E-state index >= 15 is 0 Å². The average Bonchev–Trinajstić information content (AvgIpc) is 2.96. The monoisotopic (exact) mass is 285 g/mol. The van der Waals surface area contributed by atoms with E-state index in [1.165, 1.54) is 12.8 Å². The van der Waals surface area contributed by atoms with Crippen LogP contribution >= 0.6 is 15.9 Å². The van der Waals surface area contributed by atoms with Gasteiger partial charge in [-0.25, -0.2) is 0 Å². The lowest BCUT2D eigenvalue weighted by Crippen LogP contribution is -2.29. The fraction of sp³-hybridized carbons (Fsp3) is 0.636. The molecule has 1 aromatic rings. The first-order chi connectivity index (χ1) is 7.65. The summed E-state index contributed by atoms with van der Waals surface area (Å²) in [5.41, 5.74) is 0. The van der Waals surface area contributed by atoms with Crippen molar-refractivity contribution in [2.75, 3.05) is 13.6 Å². The molecule has 2 rings (SSSR count). The molecule has 88 valence electrons. The normalized spacial score (nSPS) is 15.1. The van der Waals surface area contributed by atoms with E-state index in [2.05, 4.69) is 21.0 Å². The van der Waals surface area contributed by atoms with Crippen LogP contribution in [0.3, 0.4) is 0 Å². The molecule has 1 aromatic heterocycles. The third kappa shape index (κ3) is 3.33. The molecule has 1 amide bonds. The van der Waals surface area contributed by atoms with Gasteiger partial charge in [0.1, 0.15) is 0 Å². The van der Waals surface area contributed by atoms with Gasteiger partial charge >= 0.3 is 0 Å². The first-order valence-corrected chi connectivity index (χ1v) is 6.36. The van der Waals surface area contributed by atoms with Gasteiger partial charge in [-0.2, -0.15) is 5.10 Å². The van der Waals surface area contributed by atoms with E-state index in [9.17, 15) is 4.79 Å². The van der Waals surface area contributed by atoms with Crippen molar-refractivity contribution in [3.63, 3.8) is 0 Å². The van der Waals surface area contributed by atoms with Crippen LogP contribution in [-0.2, 0) is 11.3 Å². The second-order valence-corrected chi connectivity index (χ2v) is 5.30. The second kappa shape index (κ2) is 4.99. The second-order valence-electron chi connectivity index (χ2n) is 4.39. The lowest BCUT2D eigenvalue weighted by Gasteiger charge is -2.16. The molecule has 0 aromatic carbocycles. The number of nitrogens with zero attached hydrogens (tertiary/aromatic N) is 3. The molecule has 0 spiro atoms.